The number of carbonyl (C=O) groups is 2. The first-order chi connectivity index (χ1) is 13.5. The molecule has 1 saturated heterocycles. The lowest BCUT2D eigenvalue weighted by Crippen LogP contribution is -2.50. The van der Waals surface area contributed by atoms with Crippen molar-refractivity contribution in [3.05, 3.63) is 53.8 Å². The molecule has 2 amide bonds. The molecule has 0 aromatic heterocycles. The first-order valence-corrected chi connectivity index (χ1v) is 8.90. The van der Waals surface area contributed by atoms with E-state index in [1.54, 1.807) is 17.0 Å². The van der Waals surface area contributed by atoms with Crippen molar-refractivity contribution in [2.75, 3.05) is 45.2 Å². The first-order valence-electron chi connectivity index (χ1n) is 8.90. The van der Waals surface area contributed by atoms with E-state index in [9.17, 15) is 19.1 Å². The second kappa shape index (κ2) is 8.71. The van der Waals surface area contributed by atoms with Gasteiger partial charge in [-0.05, 0) is 36.4 Å². The molecule has 0 bridgehead atoms. The van der Waals surface area contributed by atoms with Crippen LogP contribution < -0.4 is 10.1 Å². The Hall–Kier alpha value is -3.13. The third-order valence-corrected chi connectivity index (χ3v) is 4.59. The zero-order valence-corrected chi connectivity index (χ0v) is 15.5. The van der Waals surface area contributed by atoms with Gasteiger partial charge in [0.1, 0.15) is 17.3 Å². The van der Waals surface area contributed by atoms with E-state index in [1.807, 2.05) is 4.90 Å². The number of phenols is 1. The fraction of sp³-hybridized carbons (Fsp3) is 0.300. The van der Waals surface area contributed by atoms with E-state index >= 15 is 0 Å². The summed E-state index contributed by atoms with van der Waals surface area (Å²) in [5.41, 5.74) is 0.762. The maximum Gasteiger partial charge on any atom is 0.257 e. The van der Waals surface area contributed by atoms with Crippen LogP contribution in [0.15, 0.2) is 42.5 Å². The predicted molar refractivity (Wildman–Crippen MR) is 102 cm³/mol. The van der Waals surface area contributed by atoms with Gasteiger partial charge in [0.25, 0.3) is 5.91 Å². The lowest BCUT2D eigenvalue weighted by Gasteiger charge is -2.34. The standard InChI is InChI=1S/C20H22FN3O4/c1-28-16-6-7-17(18(25)12-16)20(27)24-10-8-23(9-11-24)13-19(26)22-15-4-2-14(21)3-5-15/h2-7,12,25H,8-11,13H2,1H3,(H,22,26). The van der Waals surface area contributed by atoms with Gasteiger partial charge in [0, 0.05) is 37.9 Å². The lowest BCUT2D eigenvalue weighted by atomic mass is 10.1. The molecule has 0 radical (unpaired) electrons. The molecular weight excluding hydrogens is 365 g/mol. The number of phenolic OH excluding ortho intramolecular Hbond substituents is 1. The van der Waals surface area contributed by atoms with Crippen LogP contribution in [0, 0.1) is 5.82 Å². The number of methoxy groups -OCH3 is 1. The van der Waals surface area contributed by atoms with Crippen molar-refractivity contribution in [1.29, 1.82) is 0 Å². The molecule has 0 aliphatic carbocycles. The maximum absolute atomic E-state index is 12.9. The van der Waals surface area contributed by atoms with Gasteiger partial charge >= 0.3 is 0 Å². The van der Waals surface area contributed by atoms with Crippen molar-refractivity contribution < 1.29 is 23.8 Å². The van der Waals surface area contributed by atoms with Crippen molar-refractivity contribution in [1.82, 2.24) is 9.80 Å². The van der Waals surface area contributed by atoms with Gasteiger partial charge < -0.3 is 20.1 Å². The van der Waals surface area contributed by atoms with Crippen LogP contribution in [0.4, 0.5) is 10.1 Å². The number of aromatic hydroxyl groups is 1. The Morgan fingerprint density at radius 3 is 2.39 bits per heavy atom. The Labute approximate surface area is 162 Å². The van der Waals surface area contributed by atoms with Crippen LogP contribution in [0.5, 0.6) is 11.5 Å². The van der Waals surface area contributed by atoms with Gasteiger partial charge in [-0.3, -0.25) is 14.5 Å². The second-order valence-electron chi connectivity index (χ2n) is 6.51. The molecule has 0 spiro atoms. The number of amides is 2. The zero-order chi connectivity index (χ0) is 20.1. The van der Waals surface area contributed by atoms with Crippen LogP contribution in [0.25, 0.3) is 0 Å². The number of carbonyl (C=O) groups excluding carboxylic acids is 2. The van der Waals surface area contributed by atoms with Crippen molar-refractivity contribution in [3.63, 3.8) is 0 Å². The molecule has 0 saturated carbocycles. The molecular formula is C20H22FN3O4. The Morgan fingerprint density at radius 2 is 1.79 bits per heavy atom. The molecule has 28 heavy (non-hydrogen) atoms. The van der Waals surface area contributed by atoms with Crippen LogP contribution in [0.2, 0.25) is 0 Å². The summed E-state index contributed by atoms with van der Waals surface area (Å²) < 4.78 is 17.9. The number of piperazine rings is 1. The molecule has 148 valence electrons. The summed E-state index contributed by atoms with van der Waals surface area (Å²) in [7, 11) is 1.49. The topological polar surface area (TPSA) is 82.1 Å². The van der Waals surface area contributed by atoms with E-state index in [0.717, 1.165) is 0 Å². The number of rotatable bonds is 5. The summed E-state index contributed by atoms with van der Waals surface area (Å²) in [6, 6.07) is 10.2. The van der Waals surface area contributed by atoms with Crippen LogP contribution in [-0.2, 0) is 4.79 Å². The molecule has 7 nitrogen and oxygen atoms in total. The molecule has 2 aromatic carbocycles. The highest BCUT2D eigenvalue weighted by Crippen LogP contribution is 2.25. The number of ether oxygens (including phenoxy) is 1. The minimum absolute atomic E-state index is 0.120. The molecule has 1 aliphatic rings. The quantitative estimate of drug-likeness (QED) is 0.819. The van der Waals surface area contributed by atoms with Gasteiger partial charge in [-0.1, -0.05) is 0 Å². The van der Waals surface area contributed by atoms with E-state index < -0.39 is 0 Å². The van der Waals surface area contributed by atoms with Crippen LogP contribution in [-0.4, -0.2) is 66.6 Å². The second-order valence-corrected chi connectivity index (χ2v) is 6.51. The maximum atomic E-state index is 12.9. The van der Waals surface area contributed by atoms with Gasteiger partial charge in [-0.25, -0.2) is 4.39 Å². The van der Waals surface area contributed by atoms with E-state index in [0.29, 0.717) is 37.6 Å². The van der Waals surface area contributed by atoms with Crippen molar-refractivity contribution in [2.24, 2.45) is 0 Å². The summed E-state index contributed by atoms with van der Waals surface area (Å²) >= 11 is 0. The van der Waals surface area contributed by atoms with Gasteiger partial charge in [0.2, 0.25) is 5.91 Å². The molecule has 1 aliphatic heterocycles. The van der Waals surface area contributed by atoms with E-state index in [2.05, 4.69) is 5.32 Å². The third-order valence-electron chi connectivity index (χ3n) is 4.59. The van der Waals surface area contributed by atoms with Gasteiger partial charge in [-0.15, -0.1) is 0 Å². The normalized spacial score (nSPS) is 14.6. The number of anilines is 1. The lowest BCUT2D eigenvalue weighted by molar-refractivity contribution is -0.117. The molecule has 0 atom stereocenters. The van der Waals surface area contributed by atoms with Crippen LogP contribution in [0.3, 0.4) is 0 Å². The molecule has 2 N–H and O–H groups in total. The van der Waals surface area contributed by atoms with Crippen LogP contribution in [0.1, 0.15) is 10.4 Å². The number of nitrogens with zero attached hydrogens (tertiary/aromatic N) is 2. The van der Waals surface area contributed by atoms with E-state index in [1.165, 1.54) is 37.4 Å². The number of hydrogen-bond donors (Lipinski definition) is 2. The molecule has 2 aromatic rings. The van der Waals surface area contributed by atoms with Crippen molar-refractivity contribution in [2.45, 2.75) is 0 Å². The minimum Gasteiger partial charge on any atom is -0.507 e. The third kappa shape index (κ3) is 4.77. The first kappa shape index (κ1) is 19.6. The zero-order valence-electron chi connectivity index (χ0n) is 15.5. The largest absolute Gasteiger partial charge is 0.507 e. The predicted octanol–water partition coefficient (Wildman–Crippen LogP) is 1.94. The van der Waals surface area contributed by atoms with E-state index in [4.69, 9.17) is 4.74 Å². The number of nitrogens with one attached hydrogen (secondary N) is 1. The Kier molecular flexibility index (Phi) is 6.10. The fourth-order valence-electron chi connectivity index (χ4n) is 3.04. The summed E-state index contributed by atoms with van der Waals surface area (Å²) in [6.07, 6.45) is 0. The number of halogens is 1. The van der Waals surface area contributed by atoms with Crippen molar-refractivity contribution >= 4 is 17.5 Å². The van der Waals surface area contributed by atoms with Gasteiger partial charge in [0.15, 0.2) is 0 Å². The smallest absolute Gasteiger partial charge is 0.257 e. The van der Waals surface area contributed by atoms with Crippen molar-refractivity contribution in [3.8, 4) is 11.5 Å². The summed E-state index contributed by atoms with van der Waals surface area (Å²) in [5, 5.41) is 12.8. The molecule has 0 unspecified atom stereocenters. The average Bonchev–Trinajstić information content (AvgIpc) is 2.69. The highest BCUT2D eigenvalue weighted by atomic mass is 19.1. The minimum atomic E-state index is -0.360. The summed E-state index contributed by atoms with van der Waals surface area (Å²) in [5.74, 6) is -0.451. The van der Waals surface area contributed by atoms with E-state index in [-0.39, 0.29) is 35.5 Å². The molecule has 1 fully saturated rings. The SMILES string of the molecule is COc1ccc(C(=O)N2CCN(CC(=O)Nc3ccc(F)cc3)CC2)c(O)c1. The fourth-order valence-corrected chi connectivity index (χ4v) is 3.04. The number of benzene rings is 2. The van der Waals surface area contributed by atoms with Gasteiger partial charge in [-0.2, -0.15) is 0 Å². The van der Waals surface area contributed by atoms with Crippen LogP contribution >= 0.6 is 0 Å². The Morgan fingerprint density at radius 1 is 1.11 bits per heavy atom. The summed E-state index contributed by atoms with van der Waals surface area (Å²) in [6.45, 7) is 2.18. The number of hydrogen-bond acceptors (Lipinski definition) is 5. The highest BCUT2D eigenvalue weighted by Gasteiger charge is 2.25. The average molecular weight is 387 g/mol. The molecule has 3 rings (SSSR count). The van der Waals surface area contributed by atoms with Gasteiger partial charge in [0.05, 0.1) is 19.2 Å². The molecule has 8 heteroatoms. The Balaban J connectivity index is 1.50. The summed E-state index contributed by atoms with van der Waals surface area (Å²) in [4.78, 5) is 28.3. The molecule has 1 heterocycles. The monoisotopic (exact) mass is 387 g/mol. The Bertz CT molecular complexity index is 849. The highest BCUT2D eigenvalue weighted by molar-refractivity contribution is 5.97.